The number of hydrogen-bond acceptors (Lipinski definition) is 5. The summed E-state index contributed by atoms with van der Waals surface area (Å²) in [6, 6.07) is 16.6. The Balaban J connectivity index is 1.90. The number of thiazole rings is 1. The van der Waals surface area contributed by atoms with Crippen LogP contribution in [0.15, 0.2) is 69.2 Å². The van der Waals surface area contributed by atoms with Crippen molar-refractivity contribution in [3.05, 3.63) is 70.4 Å². The highest BCUT2D eigenvalue weighted by Gasteiger charge is 2.18. The molecule has 0 aliphatic rings. The van der Waals surface area contributed by atoms with Crippen LogP contribution in [0, 0.1) is 0 Å². The van der Waals surface area contributed by atoms with E-state index in [1.165, 1.54) is 11.3 Å². The highest BCUT2D eigenvalue weighted by molar-refractivity contribution is 7.13. The standard InChI is InChI=1S/C18H11NO3S/c20-16-12-8-4-5-9-14(12)22-18(21)15(16)13-10-23-17(19-13)11-6-2-1-3-7-11/h1-10,20H. The summed E-state index contributed by atoms with van der Waals surface area (Å²) in [4.78, 5) is 16.7. The van der Waals surface area contributed by atoms with Gasteiger partial charge >= 0.3 is 5.63 Å². The second-order valence-corrected chi connectivity index (χ2v) is 5.87. The van der Waals surface area contributed by atoms with Gasteiger partial charge in [-0.05, 0) is 12.1 Å². The van der Waals surface area contributed by atoms with E-state index in [4.69, 9.17) is 4.42 Å². The molecule has 112 valence electrons. The summed E-state index contributed by atoms with van der Waals surface area (Å²) in [7, 11) is 0. The highest BCUT2D eigenvalue weighted by atomic mass is 32.1. The number of fused-ring (bicyclic) bond motifs is 1. The van der Waals surface area contributed by atoms with Crippen LogP contribution in [0.3, 0.4) is 0 Å². The SMILES string of the molecule is O=c1oc2ccccc2c(O)c1-c1csc(-c2ccccc2)n1. The maximum atomic E-state index is 12.2. The van der Waals surface area contributed by atoms with Gasteiger partial charge in [-0.1, -0.05) is 42.5 Å². The minimum absolute atomic E-state index is 0.0956. The molecule has 23 heavy (non-hydrogen) atoms. The van der Waals surface area contributed by atoms with Crippen molar-refractivity contribution in [1.82, 2.24) is 4.98 Å². The Morgan fingerprint density at radius 3 is 2.57 bits per heavy atom. The van der Waals surface area contributed by atoms with Crippen LogP contribution < -0.4 is 5.63 Å². The molecule has 0 saturated heterocycles. The molecule has 0 amide bonds. The molecule has 2 heterocycles. The van der Waals surface area contributed by atoms with Gasteiger partial charge in [0.05, 0.1) is 11.1 Å². The summed E-state index contributed by atoms with van der Waals surface area (Å²) < 4.78 is 5.29. The lowest BCUT2D eigenvalue weighted by atomic mass is 10.1. The third-order valence-electron chi connectivity index (χ3n) is 3.57. The zero-order chi connectivity index (χ0) is 15.8. The van der Waals surface area contributed by atoms with Gasteiger partial charge in [-0.25, -0.2) is 9.78 Å². The van der Waals surface area contributed by atoms with Crippen molar-refractivity contribution >= 4 is 22.3 Å². The normalized spacial score (nSPS) is 11.0. The Kier molecular flexibility index (Phi) is 3.20. The summed E-state index contributed by atoms with van der Waals surface area (Å²) in [5, 5.41) is 13.5. The summed E-state index contributed by atoms with van der Waals surface area (Å²) in [5.41, 5.74) is 1.25. The van der Waals surface area contributed by atoms with Crippen molar-refractivity contribution in [3.63, 3.8) is 0 Å². The van der Waals surface area contributed by atoms with Crippen LogP contribution in [0.5, 0.6) is 5.75 Å². The first-order valence-electron chi connectivity index (χ1n) is 7.00. The first-order chi connectivity index (χ1) is 11.2. The van der Waals surface area contributed by atoms with E-state index >= 15 is 0 Å². The lowest BCUT2D eigenvalue weighted by Crippen LogP contribution is -2.03. The fourth-order valence-electron chi connectivity index (χ4n) is 2.46. The molecule has 0 atom stereocenters. The molecule has 4 aromatic rings. The Hall–Kier alpha value is -2.92. The fraction of sp³-hybridized carbons (Fsp3) is 0. The molecule has 5 heteroatoms. The van der Waals surface area contributed by atoms with Gasteiger partial charge in [0.2, 0.25) is 0 Å². The molecular weight excluding hydrogens is 310 g/mol. The second kappa shape index (κ2) is 5.37. The largest absolute Gasteiger partial charge is 0.506 e. The third kappa shape index (κ3) is 2.31. The number of aromatic hydroxyl groups is 1. The van der Waals surface area contributed by atoms with Crippen LogP contribution in [-0.4, -0.2) is 10.1 Å². The minimum atomic E-state index is -0.592. The second-order valence-electron chi connectivity index (χ2n) is 5.01. The van der Waals surface area contributed by atoms with E-state index in [0.717, 1.165) is 10.6 Å². The van der Waals surface area contributed by atoms with Crippen molar-refractivity contribution < 1.29 is 9.52 Å². The molecule has 0 saturated carbocycles. The van der Waals surface area contributed by atoms with Crippen LogP contribution in [0.2, 0.25) is 0 Å². The molecule has 1 N–H and O–H groups in total. The number of rotatable bonds is 2. The maximum Gasteiger partial charge on any atom is 0.349 e. The van der Waals surface area contributed by atoms with E-state index in [0.29, 0.717) is 16.7 Å². The van der Waals surface area contributed by atoms with Crippen LogP contribution in [-0.2, 0) is 0 Å². The number of aromatic nitrogens is 1. The first kappa shape index (κ1) is 13.7. The predicted octanol–water partition coefficient (Wildman–Crippen LogP) is 4.29. The quantitative estimate of drug-likeness (QED) is 0.559. The average molecular weight is 321 g/mol. The number of hydrogen-bond donors (Lipinski definition) is 1. The number of benzene rings is 2. The Morgan fingerprint density at radius 1 is 1.00 bits per heavy atom. The van der Waals surface area contributed by atoms with Gasteiger partial charge in [0, 0.05) is 10.9 Å². The van der Waals surface area contributed by atoms with Crippen molar-refractivity contribution in [3.8, 4) is 27.6 Å². The van der Waals surface area contributed by atoms with Gasteiger partial charge in [-0.3, -0.25) is 0 Å². The molecule has 0 spiro atoms. The topological polar surface area (TPSA) is 63.3 Å². The summed E-state index contributed by atoms with van der Waals surface area (Å²) in [5.74, 6) is -0.0956. The fourth-order valence-corrected chi connectivity index (χ4v) is 3.28. The van der Waals surface area contributed by atoms with Gasteiger partial charge in [0.25, 0.3) is 0 Å². The molecule has 2 aromatic heterocycles. The Morgan fingerprint density at radius 2 is 1.74 bits per heavy atom. The Labute approximate surface area is 135 Å². The van der Waals surface area contributed by atoms with E-state index in [2.05, 4.69) is 4.98 Å². The van der Waals surface area contributed by atoms with E-state index in [-0.39, 0.29) is 11.3 Å². The van der Waals surface area contributed by atoms with Crippen LogP contribution in [0.25, 0.3) is 32.8 Å². The summed E-state index contributed by atoms with van der Waals surface area (Å²) >= 11 is 1.42. The van der Waals surface area contributed by atoms with Crippen molar-refractivity contribution in [1.29, 1.82) is 0 Å². The van der Waals surface area contributed by atoms with Gasteiger partial charge in [0.15, 0.2) is 0 Å². The molecular formula is C18H11NO3S. The Bertz CT molecular complexity index is 1050. The molecule has 0 unspecified atom stereocenters. The first-order valence-corrected chi connectivity index (χ1v) is 7.88. The van der Waals surface area contributed by atoms with E-state index in [9.17, 15) is 9.90 Å². The number of nitrogens with zero attached hydrogens (tertiary/aromatic N) is 1. The van der Waals surface area contributed by atoms with Gasteiger partial charge in [-0.15, -0.1) is 11.3 Å². The zero-order valence-corrected chi connectivity index (χ0v) is 12.7. The van der Waals surface area contributed by atoms with Gasteiger partial charge in [0.1, 0.15) is 21.9 Å². The van der Waals surface area contributed by atoms with Gasteiger partial charge < -0.3 is 9.52 Å². The predicted molar refractivity (Wildman–Crippen MR) is 90.7 cm³/mol. The van der Waals surface area contributed by atoms with E-state index in [1.54, 1.807) is 29.6 Å². The molecule has 0 bridgehead atoms. The molecule has 0 fully saturated rings. The molecule has 0 radical (unpaired) electrons. The van der Waals surface area contributed by atoms with Gasteiger partial charge in [-0.2, -0.15) is 0 Å². The smallest absolute Gasteiger partial charge is 0.349 e. The van der Waals surface area contributed by atoms with Crippen LogP contribution in [0.4, 0.5) is 0 Å². The third-order valence-corrected chi connectivity index (χ3v) is 4.46. The van der Waals surface area contributed by atoms with Crippen molar-refractivity contribution in [2.75, 3.05) is 0 Å². The van der Waals surface area contributed by atoms with Crippen LogP contribution in [0.1, 0.15) is 0 Å². The zero-order valence-electron chi connectivity index (χ0n) is 11.9. The molecule has 0 aliphatic heterocycles. The van der Waals surface area contributed by atoms with Crippen molar-refractivity contribution in [2.45, 2.75) is 0 Å². The van der Waals surface area contributed by atoms with Crippen molar-refractivity contribution in [2.24, 2.45) is 0 Å². The lowest BCUT2D eigenvalue weighted by Gasteiger charge is -2.03. The molecule has 4 rings (SSSR count). The van der Waals surface area contributed by atoms with Crippen LogP contribution >= 0.6 is 11.3 Å². The average Bonchev–Trinajstić information content (AvgIpc) is 3.05. The summed E-state index contributed by atoms with van der Waals surface area (Å²) in [6.07, 6.45) is 0. The minimum Gasteiger partial charge on any atom is -0.506 e. The van der Waals surface area contributed by atoms with E-state index in [1.807, 2.05) is 30.3 Å². The highest BCUT2D eigenvalue weighted by Crippen LogP contribution is 2.35. The monoisotopic (exact) mass is 321 g/mol. The van der Waals surface area contributed by atoms with E-state index < -0.39 is 5.63 Å². The summed E-state index contributed by atoms with van der Waals surface area (Å²) in [6.45, 7) is 0. The lowest BCUT2D eigenvalue weighted by molar-refractivity contribution is 0.471. The number of para-hydroxylation sites is 1. The molecule has 4 nitrogen and oxygen atoms in total. The maximum absolute atomic E-state index is 12.2. The molecule has 2 aromatic carbocycles. The molecule has 0 aliphatic carbocycles.